The Morgan fingerprint density at radius 2 is 1.93 bits per heavy atom. The van der Waals surface area contributed by atoms with Gasteiger partial charge in [0.1, 0.15) is 0 Å². The second kappa shape index (κ2) is 5.00. The van der Waals surface area contributed by atoms with E-state index in [2.05, 4.69) is 17.9 Å². The summed E-state index contributed by atoms with van der Waals surface area (Å²) in [7, 11) is 1.01. The van der Waals surface area contributed by atoms with E-state index in [9.17, 15) is 13.2 Å². The first-order chi connectivity index (χ1) is 6.32. The van der Waals surface area contributed by atoms with Gasteiger partial charge >= 0.3 is 6.18 Å². The molecule has 80 valence electrons. The molecule has 0 aromatic heterocycles. The summed E-state index contributed by atoms with van der Waals surface area (Å²) in [5.41, 5.74) is 0.485. The van der Waals surface area contributed by atoms with Gasteiger partial charge in [0, 0.05) is 7.11 Å². The number of hydrogen-bond donors (Lipinski definition) is 0. The first kappa shape index (κ1) is 13.0. The lowest BCUT2D eigenvalue weighted by Gasteiger charge is -2.19. The maximum Gasteiger partial charge on any atom is 0.418 e. The smallest absolute Gasteiger partial charge is 0.367 e. The van der Waals surface area contributed by atoms with Gasteiger partial charge < -0.3 is 4.74 Å². The van der Waals surface area contributed by atoms with Crippen molar-refractivity contribution in [3.05, 3.63) is 36.5 Å². The zero-order valence-electron chi connectivity index (χ0n) is 8.19. The number of rotatable bonds is 4. The Morgan fingerprint density at radius 1 is 1.43 bits per heavy atom. The van der Waals surface area contributed by atoms with Gasteiger partial charge in [0.15, 0.2) is 6.10 Å². The lowest BCUT2D eigenvalue weighted by Crippen LogP contribution is -2.32. The second-order valence-electron chi connectivity index (χ2n) is 2.85. The van der Waals surface area contributed by atoms with Crippen LogP contribution >= 0.6 is 0 Å². The fourth-order valence-corrected chi connectivity index (χ4v) is 0.985. The maximum absolute atomic E-state index is 12.4. The summed E-state index contributed by atoms with van der Waals surface area (Å²) in [6.45, 7) is 8.41. The molecule has 0 aromatic rings. The monoisotopic (exact) mass is 206 g/mol. The topological polar surface area (TPSA) is 9.23 Å². The Labute approximate surface area is 81.6 Å². The number of ether oxygens (including phenoxy) is 1. The van der Waals surface area contributed by atoms with Crippen molar-refractivity contribution in [2.45, 2.75) is 19.2 Å². The van der Waals surface area contributed by atoms with Crippen LogP contribution < -0.4 is 0 Å². The summed E-state index contributed by atoms with van der Waals surface area (Å²) in [4.78, 5) is 0. The lowest BCUT2D eigenvalue weighted by atomic mass is 10.1. The normalized spacial score (nSPS) is 15.1. The highest BCUT2D eigenvalue weighted by molar-refractivity contribution is 5.30. The van der Waals surface area contributed by atoms with E-state index in [1.54, 1.807) is 6.92 Å². The summed E-state index contributed by atoms with van der Waals surface area (Å²) in [5.74, 6) is 0. The van der Waals surface area contributed by atoms with Crippen LogP contribution in [0.15, 0.2) is 36.5 Å². The number of allylic oxidation sites excluding steroid dienone is 2. The van der Waals surface area contributed by atoms with Crippen LogP contribution in [-0.2, 0) is 4.74 Å². The number of halogens is 3. The third-order valence-electron chi connectivity index (χ3n) is 1.48. The molecular formula is C10H13F3O. The van der Waals surface area contributed by atoms with E-state index >= 15 is 0 Å². The van der Waals surface area contributed by atoms with Crippen LogP contribution in [0.5, 0.6) is 0 Å². The van der Waals surface area contributed by atoms with Crippen LogP contribution in [-0.4, -0.2) is 19.4 Å². The Balaban J connectivity index is 4.99. The van der Waals surface area contributed by atoms with Crippen LogP contribution in [0.4, 0.5) is 13.2 Å². The Hall–Kier alpha value is -1.03. The van der Waals surface area contributed by atoms with Crippen LogP contribution in [0.25, 0.3) is 0 Å². The predicted octanol–water partition coefficient (Wildman–Crippen LogP) is 3.25. The predicted molar refractivity (Wildman–Crippen MR) is 49.9 cm³/mol. The third-order valence-corrected chi connectivity index (χ3v) is 1.48. The fourth-order valence-electron chi connectivity index (χ4n) is 0.985. The number of hydrogen-bond acceptors (Lipinski definition) is 1. The van der Waals surface area contributed by atoms with Gasteiger partial charge in [0.05, 0.1) is 0 Å². The molecule has 0 saturated heterocycles. The van der Waals surface area contributed by atoms with Gasteiger partial charge in [-0.05, 0) is 12.5 Å². The van der Waals surface area contributed by atoms with E-state index in [-0.39, 0.29) is 5.57 Å². The number of methoxy groups -OCH3 is 1. The van der Waals surface area contributed by atoms with Crippen molar-refractivity contribution < 1.29 is 17.9 Å². The Kier molecular flexibility index (Phi) is 4.63. The van der Waals surface area contributed by atoms with E-state index < -0.39 is 12.3 Å². The Morgan fingerprint density at radius 3 is 2.14 bits per heavy atom. The zero-order valence-corrected chi connectivity index (χ0v) is 8.19. The maximum atomic E-state index is 12.4. The zero-order chi connectivity index (χ0) is 11.4. The quantitative estimate of drug-likeness (QED) is 0.641. The van der Waals surface area contributed by atoms with Crippen molar-refractivity contribution in [1.82, 2.24) is 0 Å². The van der Waals surface area contributed by atoms with Crippen molar-refractivity contribution in [2.75, 3.05) is 7.11 Å². The van der Waals surface area contributed by atoms with Gasteiger partial charge in [-0.3, -0.25) is 0 Å². The van der Waals surface area contributed by atoms with E-state index in [1.165, 1.54) is 6.08 Å². The highest BCUT2D eigenvalue weighted by atomic mass is 19.4. The molecular weight excluding hydrogens is 193 g/mol. The second-order valence-corrected chi connectivity index (χ2v) is 2.85. The summed E-state index contributed by atoms with van der Waals surface area (Å²) in [5, 5.41) is 0. The van der Waals surface area contributed by atoms with Crippen LogP contribution in [0.3, 0.4) is 0 Å². The highest BCUT2D eigenvalue weighted by Crippen LogP contribution is 2.28. The van der Waals surface area contributed by atoms with Crippen molar-refractivity contribution in [3.63, 3.8) is 0 Å². The van der Waals surface area contributed by atoms with Crippen molar-refractivity contribution >= 4 is 0 Å². The minimum absolute atomic E-state index is 0.0347. The molecule has 0 aliphatic heterocycles. The summed E-state index contributed by atoms with van der Waals surface area (Å²) >= 11 is 0. The summed E-state index contributed by atoms with van der Waals surface area (Å²) in [6.07, 6.45) is -3.94. The minimum atomic E-state index is -4.43. The lowest BCUT2D eigenvalue weighted by molar-refractivity contribution is -0.198. The molecule has 4 heteroatoms. The van der Waals surface area contributed by atoms with Gasteiger partial charge in [0.25, 0.3) is 0 Å². The van der Waals surface area contributed by atoms with Crippen molar-refractivity contribution in [1.29, 1.82) is 0 Å². The van der Waals surface area contributed by atoms with Crippen LogP contribution in [0.2, 0.25) is 0 Å². The van der Waals surface area contributed by atoms with Gasteiger partial charge in [-0.25, -0.2) is 0 Å². The molecule has 0 bridgehead atoms. The summed E-state index contributed by atoms with van der Waals surface area (Å²) < 4.78 is 41.5. The number of alkyl halides is 3. The molecule has 0 fully saturated rings. The molecule has 14 heavy (non-hydrogen) atoms. The van der Waals surface area contributed by atoms with Gasteiger partial charge in [-0.1, -0.05) is 30.9 Å². The third kappa shape index (κ3) is 3.79. The molecule has 0 rings (SSSR count). The molecule has 1 nitrogen and oxygen atoms in total. The van der Waals surface area contributed by atoms with E-state index in [0.717, 1.165) is 13.2 Å². The molecule has 0 heterocycles. The fraction of sp³-hybridized carbons (Fsp3) is 0.400. The molecule has 0 aliphatic rings. The molecule has 0 aliphatic carbocycles. The SMILES string of the molecule is C=C/C(=C\C(=C)C)C(OC)C(F)(F)F. The summed E-state index contributed by atoms with van der Waals surface area (Å²) in [6, 6.07) is 0. The van der Waals surface area contributed by atoms with Crippen molar-refractivity contribution in [3.8, 4) is 0 Å². The average molecular weight is 206 g/mol. The molecule has 0 radical (unpaired) electrons. The Bertz CT molecular complexity index is 251. The highest BCUT2D eigenvalue weighted by Gasteiger charge is 2.41. The molecule has 1 atom stereocenters. The van der Waals surface area contributed by atoms with Gasteiger partial charge in [-0.15, -0.1) is 0 Å². The largest absolute Gasteiger partial charge is 0.418 e. The van der Waals surface area contributed by atoms with Gasteiger partial charge in [0.2, 0.25) is 0 Å². The molecule has 0 saturated carbocycles. The molecule has 1 unspecified atom stereocenters. The van der Waals surface area contributed by atoms with Crippen LogP contribution in [0, 0.1) is 0 Å². The van der Waals surface area contributed by atoms with E-state index in [4.69, 9.17) is 0 Å². The first-order valence-corrected chi connectivity index (χ1v) is 3.92. The molecule has 0 spiro atoms. The average Bonchev–Trinajstić information content (AvgIpc) is 2.00. The van der Waals surface area contributed by atoms with E-state index in [0.29, 0.717) is 5.57 Å². The standard InChI is InChI=1S/C10H13F3O/c1-5-8(6-7(2)3)9(14-4)10(11,12)13/h5-6,9H,1-2H2,3-4H3/b8-6+. The minimum Gasteiger partial charge on any atom is -0.367 e. The van der Waals surface area contributed by atoms with Crippen LogP contribution in [0.1, 0.15) is 6.92 Å². The van der Waals surface area contributed by atoms with Crippen molar-refractivity contribution in [2.24, 2.45) is 0 Å². The van der Waals surface area contributed by atoms with E-state index in [1.807, 2.05) is 0 Å². The molecule has 0 N–H and O–H groups in total. The first-order valence-electron chi connectivity index (χ1n) is 3.92. The molecule has 0 aromatic carbocycles. The van der Waals surface area contributed by atoms with Gasteiger partial charge in [-0.2, -0.15) is 13.2 Å². The molecule has 0 amide bonds.